The zero-order valence-electron chi connectivity index (χ0n) is 12.8. The van der Waals surface area contributed by atoms with Crippen molar-refractivity contribution in [3.05, 3.63) is 23.2 Å². The molecule has 0 radical (unpaired) electrons. The van der Waals surface area contributed by atoms with E-state index in [1.807, 2.05) is 14.7 Å². The molecular weight excluding hydrogens is 389 g/mol. The predicted molar refractivity (Wildman–Crippen MR) is 100 cm³/mol. The van der Waals surface area contributed by atoms with Crippen LogP contribution in [-0.2, 0) is 23.0 Å². The summed E-state index contributed by atoms with van der Waals surface area (Å²) in [5.41, 5.74) is 1.89. The molecule has 13 heteroatoms. The first kappa shape index (κ1) is 26.8. The van der Waals surface area contributed by atoms with Gasteiger partial charge in [0, 0.05) is 45.3 Å². The van der Waals surface area contributed by atoms with Crippen molar-refractivity contribution in [3.63, 3.8) is 0 Å². The van der Waals surface area contributed by atoms with Crippen molar-refractivity contribution in [1.82, 2.24) is 14.7 Å². The van der Waals surface area contributed by atoms with E-state index in [9.17, 15) is 14.1 Å². The molecule has 3 heterocycles. The molecule has 0 saturated carbocycles. The van der Waals surface area contributed by atoms with E-state index in [4.69, 9.17) is 0 Å². The van der Waals surface area contributed by atoms with Gasteiger partial charge < -0.3 is 23.7 Å². The third kappa shape index (κ3) is 6.70. The van der Waals surface area contributed by atoms with Crippen molar-refractivity contribution in [2.75, 3.05) is 46.4 Å². The van der Waals surface area contributed by atoms with E-state index in [1.165, 1.54) is 13.2 Å². The van der Waals surface area contributed by atoms with Crippen LogP contribution in [0.4, 0.5) is 0 Å². The summed E-state index contributed by atoms with van der Waals surface area (Å²) >= 11 is 0. The van der Waals surface area contributed by atoms with Gasteiger partial charge in [0.05, 0.1) is 12.8 Å². The second-order valence-electron chi connectivity index (χ2n) is 5.45. The molecule has 3 fully saturated rings. The molecular formula is C13H21N4Na3O5Si. The van der Waals surface area contributed by atoms with Gasteiger partial charge in [0.15, 0.2) is 0 Å². The van der Waals surface area contributed by atoms with Crippen molar-refractivity contribution in [1.29, 1.82) is 0 Å². The predicted octanol–water partition coefficient (Wildman–Crippen LogP) is -3.83. The van der Waals surface area contributed by atoms with Gasteiger partial charge in [-0.3, -0.25) is 14.1 Å². The van der Waals surface area contributed by atoms with Crippen molar-refractivity contribution in [2.24, 2.45) is 5.90 Å². The molecule has 0 bridgehead atoms. The SMILES string of the molecule is CO[Si](=O)ON.O=C1C=C(N2CC2)C(=O)C(N2CC2)=C1N1CC1.[NaH].[NaH].[NaH]. The van der Waals surface area contributed by atoms with E-state index < -0.39 is 9.17 Å². The average molecular weight is 410 g/mol. The van der Waals surface area contributed by atoms with Crippen molar-refractivity contribution < 1.29 is 23.0 Å². The molecule has 26 heavy (non-hydrogen) atoms. The molecule has 3 saturated heterocycles. The minimum atomic E-state index is -2.34. The Labute approximate surface area is 220 Å². The maximum atomic E-state index is 12.4. The molecule has 1 aliphatic carbocycles. The van der Waals surface area contributed by atoms with Gasteiger partial charge in [-0.25, -0.2) is 0 Å². The molecule has 130 valence electrons. The van der Waals surface area contributed by atoms with Crippen LogP contribution in [0.15, 0.2) is 23.2 Å². The van der Waals surface area contributed by atoms with Gasteiger partial charge in [-0.15, -0.1) is 0 Å². The molecule has 0 aromatic carbocycles. The van der Waals surface area contributed by atoms with Gasteiger partial charge >= 0.3 is 97.8 Å². The molecule has 0 aromatic rings. The fourth-order valence-corrected chi connectivity index (χ4v) is 2.42. The third-order valence-corrected chi connectivity index (χ3v) is 4.28. The van der Waals surface area contributed by atoms with Crippen LogP contribution in [0.2, 0.25) is 0 Å². The molecule has 0 spiro atoms. The number of Topliss-reactive ketones (excluding diaryl/α,β-unsaturated/α-hetero) is 1. The maximum absolute atomic E-state index is 12.4. The van der Waals surface area contributed by atoms with Crippen molar-refractivity contribution >= 4 is 109 Å². The first-order valence-corrected chi connectivity index (χ1v) is 8.53. The molecule has 0 atom stereocenters. The fraction of sp³-hybridized carbons (Fsp3) is 0.538. The summed E-state index contributed by atoms with van der Waals surface area (Å²) in [6, 6.07) is 0. The molecule has 9 nitrogen and oxygen atoms in total. The van der Waals surface area contributed by atoms with Crippen LogP contribution in [0.1, 0.15) is 0 Å². The van der Waals surface area contributed by atoms with Gasteiger partial charge in [0.25, 0.3) is 0 Å². The molecule has 4 aliphatic rings. The number of rotatable bonds is 5. The van der Waals surface area contributed by atoms with E-state index >= 15 is 0 Å². The van der Waals surface area contributed by atoms with Crippen LogP contribution in [0, 0.1) is 0 Å². The molecule has 2 N–H and O–H groups in total. The van der Waals surface area contributed by atoms with Crippen molar-refractivity contribution in [3.8, 4) is 0 Å². The zero-order valence-corrected chi connectivity index (χ0v) is 13.8. The number of hydrogen-bond donors (Lipinski definition) is 1. The van der Waals surface area contributed by atoms with Gasteiger partial charge in [-0.2, -0.15) is 5.90 Å². The van der Waals surface area contributed by atoms with Crippen LogP contribution in [0.5, 0.6) is 0 Å². The number of nitrogens with two attached hydrogens (primary N) is 1. The molecule has 0 aromatic heterocycles. The topological polar surface area (TPSA) is 105 Å². The Balaban J connectivity index is 0.000000618. The summed E-state index contributed by atoms with van der Waals surface area (Å²) in [5, 5.41) is 0. The first-order valence-electron chi connectivity index (χ1n) is 7.31. The summed E-state index contributed by atoms with van der Waals surface area (Å²) in [7, 11) is -1.08. The Bertz CT molecular complexity index is 627. The molecule has 0 amide bonds. The number of ketones is 2. The first-order chi connectivity index (χ1) is 11.1. The van der Waals surface area contributed by atoms with E-state index in [0.717, 1.165) is 39.3 Å². The quantitative estimate of drug-likeness (QED) is 0.211. The van der Waals surface area contributed by atoms with Crippen LogP contribution in [0.3, 0.4) is 0 Å². The second-order valence-corrected chi connectivity index (χ2v) is 6.60. The summed E-state index contributed by atoms with van der Waals surface area (Å²) < 4.78 is 17.6. The number of hydrogen-bond acceptors (Lipinski definition) is 9. The van der Waals surface area contributed by atoms with E-state index in [2.05, 4.69) is 14.8 Å². The molecule has 4 rings (SSSR count). The second kappa shape index (κ2) is 11.7. The van der Waals surface area contributed by atoms with Crippen molar-refractivity contribution in [2.45, 2.75) is 0 Å². The Morgan fingerprint density at radius 3 is 1.73 bits per heavy atom. The Morgan fingerprint density at radius 2 is 1.38 bits per heavy atom. The summed E-state index contributed by atoms with van der Waals surface area (Å²) in [6.45, 7) is 5.41. The van der Waals surface area contributed by atoms with Crippen LogP contribution < -0.4 is 5.90 Å². The summed E-state index contributed by atoms with van der Waals surface area (Å²) in [4.78, 5) is 30.5. The number of carbonyl (C=O) groups excluding carboxylic acids is 2. The van der Waals surface area contributed by atoms with Gasteiger partial charge in [-0.1, -0.05) is 0 Å². The number of allylic oxidation sites excluding steroid dienone is 1. The minimum absolute atomic E-state index is 0. The summed E-state index contributed by atoms with van der Waals surface area (Å²) in [6.07, 6.45) is 1.52. The Kier molecular flexibility index (Phi) is 12.1. The van der Waals surface area contributed by atoms with E-state index in [1.54, 1.807) is 0 Å². The third-order valence-electron chi connectivity index (χ3n) is 3.75. The van der Waals surface area contributed by atoms with Crippen LogP contribution in [-0.4, -0.2) is 170 Å². The average Bonchev–Trinajstić information content (AvgIpc) is 3.42. The fourth-order valence-electron chi connectivity index (χ4n) is 2.32. The Hall–Kier alpha value is 0.797. The van der Waals surface area contributed by atoms with Gasteiger partial charge in [0.2, 0.25) is 11.6 Å². The van der Waals surface area contributed by atoms with Crippen LogP contribution >= 0.6 is 0 Å². The van der Waals surface area contributed by atoms with E-state index in [-0.39, 0.29) is 100 Å². The van der Waals surface area contributed by atoms with Gasteiger partial charge in [0.1, 0.15) is 11.4 Å². The van der Waals surface area contributed by atoms with E-state index in [0.29, 0.717) is 17.1 Å². The number of nitrogens with zero attached hydrogens (tertiary/aromatic N) is 3. The Morgan fingerprint density at radius 1 is 0.923 bits per heavy atom. The monoisotopic (exact) mass is 410 g/mol. The van der Waals surface area contributed by atoms with Crippen LogP contribution in [0.25, 0.3) is 0 Å². The standard InChI is InChI=1S/C12H13N3O2.CH5NO3Si.3Na.3H/c16-9-7-8(13-1-2-13)12(17)11(15-5-6-15)10(9)14-3-4-14;1-4-6(3)5-2;;;;;;/h7H,1-6H2;2H2,1H3;;;;;;. The molecule has 3 aliphatic heterocycles. The summed E-state index contributed by atoms with van der Waals surface area (Å²) in [5.74, 6) is 4.44. The van der Waals surface area contributed by atoms with Gasteiger partial charge in [-0.05, 0) is 0 Å². The molecule has 0 unspecified atom stereocenters. The zero-order chi connectivity index (χ0) is 16.6. The number of carbonyl (C=O) groups is 2. The normalized spacial score (nSPS) is 19.0.